The number of hydrogen-bond donors (Lipinski definition) is 0. The number of rotatable bonds is 15. The van der Waals surface area contributed by atoms with Crippen LogP contribution in [0.5, 0.6) is 0 Å². The SMILES string of the molecule is CCCCP(CCCC)(CCCC)(CCCC)N(S(=O)(=O)C(F)(F)F)S(=O)(=O)C(F)(F)F. The van der Waals surface area contributed by atoms with Gasteiger partial charge in [-0.15, -0.1) is 0 Å². The summed E-state index contributed by atoms with van der Waals surface area (Å²) in [6, 6.07) is 0. The first-order valence-corrected chi connectivity index (χ1v) is 16.7. The number of sulfonamides is 2. The maximum atomic E-state index is 13.8. The zero-order chi connectivity index (χ0) is 25.5. The Morgan fingerprint density at radius 1 is 0.562 bits per heavy atom. The fourth-order valence-corrected chi connectivity index (χ4v) is 20.0. The van der Waals surface area contributed by atoms with Gasteiger partial charge >= 0.3 is 188 Å². The summed E-state index contributed by atoms with van der Waals surface area (Å²) in [5, 5.41) is 0. The molecule has 0 unspecified atom stereocenters. The van der Waals surface area contributed by atoms with Crippen molar-refractivity contribution >= 4 is 26.8 Å². The van der Waals surface area contributed by atoms with Crippen LogP contribution in [-0.2, 0) is 20.0 Å². The Balaban J connectivity index is 7.79. The summed E-state index contributed by atoms with van der Waals surface area (Å²) < 4.78 is 132. The number of hydrogen-bond acceptors (Lipinski definition) is 4. The number of alkyl halides is 6. The van der Waals surface area contributed by atoms with E-state index in [0.29, 0.717) is 25.7 Å². The molecule has 0 radical (unpaired) electrons. The monoisotopic (exact) mass is 539 g/mol. The fraction of sp³-hybridized carbons (Fsp3) is 1.00. The molecule has 0 N–H and O–H groups in total. The molecule has 0 atom stereocenters. The predicted octanol–water partition coefficient (Wildman–Crippen LogP) is 6.66. The van der Waals surface area contributed by atoms with Crippen molar-refractivity contribution in [3.8, 4) is 0 Å². The quantitative estimate of drug-likeness (QED) is 0.172. The molecule has 0 aliphatic heterocycles. The van der Waals surface area contributed by atoms with Crippen LogP contribution in [0.1, 0.15) is 79.1 Å². The van der Waals surface area contributed by atoms with Crippen molar-refractivity contribution in [2.24, 2.45) is 0 Å². The number of unbranched alkanes of at least 4 members (excludes halogenated alkanes) is 4. The molecular formula is C18H36F6NO4PS2. The van der Waals surface area contributed by atoms with Gasteiger partial charge in [-0.2, -0.15) is 0 Å². The van der Waals surface area contributed by atoms with E-state index in [1.807, 2.05) is 0 Å². The summed E-state index contributed by atoms with van der Waals surface area (Å²) in [6.07, 6.45) is 0.862. The van der Waals surface area contributed by atoms with Gasteiger partial charge in [0.05, 0.1) is 0 Å². The molecule has 0 aliphatic carbocycles. The van der Waals surface area contributed by atoms with E-state index in [1.165, 1.54) is 0 Å². The third kappa shape index (κ3) is 6.50. The van der Waals surface area contributed by atoms with Crippen LogP contribution in [0.2, 0.25) is 0 Å². The van der Waals surface area contributed by atoms with E-state index in [4.69, 9.17) is 0 Å². The average molecular weight is 540 g/mol. The molecule has 32 heavy (non-hydrogen) atoms. The molecule has 0 aliphatic rings. The first kappa shape index (κ1) is 31.9. The molecule has 0 heterocycles. The van der Waals surface area contributed by atoms with Crippen molar-refractivity contribution in [1.82, 2.24) is 3.48 Å². The molecular weight excluding hydrogens is 503 g/mol. The van der Waals surface area contributed by atoms with Crippen LogP contribution in [0, 0.1) is 0 Å². The third-order valence-corrected chi connectivity index (χ3v) is 19.8. The zero-order valence-corrected chi connectivity index (χ0v) is 21.6. The standard InChI is InChI=1S/C18H36F6NO4PS2/c1-5-9-13-30(14-10-6-2,15-11-7-3,16-12-8-4)25(31(26,27)17(19,20)21)32(28,29)18(22,23)24/h5-16H2,1-4H3. The number of nitrogens with zero attached hydrogens (tertiary/aromatic N) is 1. The Morgan fingerprint density at radius 2 is 0.781 bits per heavy atom. The Labute approximate surface area is 188 Å². The van der Waals surface area contributed by atoms with Gasteiger partial charge in [-0.3, -0.25) is 0 Å². The second-order valence-corrected chi connectivity index (χ2v) is 18.6. The summed E-state index contributed by atoms with van der Waals surface area (Å²) in [4.78, 5) is 0. The molecule has 14 heteroatoms. The van der Waals surface area contributed by atoms with E-state index < -0.39 is 41.3 Å². The molecule has 0 saturated heterocycles. The van der Waals surface area contributed by atoms with E-state index in [-0.39, 0.29) is 50.3 Å². The van der Waals surface area contributed by atoms with E-state index >= 15 is 0 Å². The van der Waals surface area contributed by atoms with Crippen LogP contribution in [-0.4, -0.2) is 56.0 Å². The molecule has 0 aromatic rings. The molecule has 0 amide bonds. The van der Waals surface area contributed by atoms with Gasteiger partial charge in [-0.05, 0) is 0 Å². The van der Waals surface area contributed by atoms with E-state index in [0.717, 1.165) is 0 Å². The topological polar surface area (TPSA) is 71.5 Å². The summed E-state index contributed by atoms with van der Waals surface area (Å²) in [6.45, 7) is 1.84. The Hall–Kier alpha value is -0.130. The first-order valence-electron chi connectivity index (χ1n) is 10.9. The normalized spacial score (nSPS) is 15.7. The van der Waals surface area contributed by atoms with Gasteiger partial charge in [-0.1, -0.05) is 0 Å². The van der Waals surface area contributed by atoms with Gasteiger partial charge in [0.2, 0.25) is 0 Å². The van der Waals surface area contributed by atoms with E-state index in [9.17, 15) is 43.2 Å². The van der Waals surface area contributed by atoms with Crippen molar-refractivity contribution < 1.29 is 43.2 Å². The second kappa shape index (κ2) is 11.5. The summed E-state index contributed by atoms with van der Waals surface area (Å²) in [5.74, 6) is 0. The average Bonchev–Trinajstić information content (AvgIpc) is 2.66. The van der Waals surface area contributed by atoms with Crippen LogP contribution in [0.25, 0.3) is 0 Å². The molecule has 0 aromatic heterocycles. The second-order valence-electron chi connectivity index (χ2n) is 8.30. The van der Waals surface area contributed by atoms with Gasteiger partial charge in [0.25, 0.3) is 0 Å². The summed E-state index contributed by atoms with van der Waals surface area (Å²) in [5.41, 5.74) is -12.4. The van der Waals surface area contributed by atoms with Crippen molar-refractivity contribution in [1.29, 1.82) is 0 Å². The fourth-order valence-electron chi connectivity index (χ4n) is 4.17. The van der Waals surface area contributed by atoms with Crippen LogP contribution >= 0.6 is 6.75 Å². The summed E-state index contributed by atoms with van der Waals surface area (Å²) in [7, 11) is -13.7. The molecule has 0 bridgehead atoms. The Kier molecular flexibility index (Phi) is 11.5. The van der Waals surface area contributed by atoms with Gasteiger partial charge in [0.1, 0.15) is 0 Å². The molecule has 0 saturated carbocycles. The third-order valence-electron chi connectivity index (χ3n) is 5.80. The molecule has 196 valence electrons. The van der Waals surface area contributed by atoms with Gasteiger partial charge in [-0.25, -0.2) is 0 Å². The first-order chi connectivity index (χ1) is 14.4. The maximum absolute atomic E-state index is 13.8. The Bertz CT molecular complexity index is 710. The number of halogens is 6. The molecule has 0 rings (SSSR count). The molecule has 0 spiro atoms. The van der Waals surface area contributed by atoms with Crippen LogP contribution in [0.4, 0.5) is 26.3 Å². The van der Waals surface area contributed by atoms with Crippen molar-refractivity contribution in [3.63, 3.8) is 0 Å². The van der Waals surface area contributed by atoms with Gasteiger partial charge in [0, 0.05) is 0 Å². The van der Waals surface area contributed by atoms with Crippen LogP contribution < -0.4 is 0 Å². The minimum absolute atomic E-state index is 0.131. The Morgan fingerprint density at radius 3 is 0.938 bits per heavy atom. The predicted molar refractivity (Wildman–Crippen MR) is 118 cm³/mol. The van der Waals surface area contributed by atoms with Gasteiger partial charge < -0.3 is 0 Å². The van der Waals surface area contributed by atoms with Crippen molar-refractivity contribution in [2.45, 2.75) is 90.1 Å². The molecule has 5 nitrogen and oxygen atoms in total. The summed E-state index contributed by atoms with van der Waals surface area (Å²) >= 11 is 0. The van der Waals surface area contributed by atoms with Crippen LogP contribution in [0.15, 0.2) is 0 Å². The van der Waals surface area contributed by atoms with E-state index in [2.05, 4.69) is 0 Å². The van der Waals surface area contributed by atoms with E-state index in [1.54, 1.807) is 27.7 Å². The van der Waals surface area contributed by atoms with Gasteiger partial charge in [0.15, 0.2) is 0 Å². The van der Waals surface area contributed by atoms with Crippen LogP contribution in [0.3, 0.4) is 0 Å². The molecule has 0 aromatic carbocycles. The minimum atomic E-state index is -6.83. The van der Waals surface area contributed by atoms with Crippen molar-refractivity contribution in [3.05, 3.63) is 0 Å². The van der Waals surface area contributed by atoms with Crippen molar-refractivity contribution in [2.75, 3.05) is 24.6 Å². The molecule has 0 fully saturated rings. The zero-order valence-electron chi connectivity index (χ0n) is 19.1.